The van der Waals surface area contributed by atoms with Crippen LogP contribution < -0.4 is 0 Å². The Kier molecular flexibility index (Phi) is 5.54. The fourth-order valence-corrected chi connectivity index (χ4v) is 6.64. The molecule has 9 aromatic rings. The minimum absolute atomic E-state index is 0.843. The zero-order chi connectivity index (χ0) is 29.0. The van der Waals surface area contributed by atoms with E-state index in [4.69, 9.17) is 8.83 Å². The lowest BCUT2D eigenvalue weighted by atomic mass is 9.86. The average Bonchev–Trinajstić information content (AvgIpc) is 3.72. The van der Waals surface area contributed by atoms with Crippen LogP contribution in [-0.2, 0) is 0 Å². The van der Waals surface area contributed by atoms with Crippen molar-refractivity contribution < 1.29 is 8.83 Å². The first-order valence-corrected chi connectivity index (χ1v) is 14.9. The Hall–Kier alpha value is -5.86. The van der Waals surface area contributed by atoms with Gasteiger partial charge in [0.25, 0.3) is 0 Å². The molecule has 0 radical (unpaired) electrons. The average molecular weight is 563 g/mol. The van der Waals surface area contributed by atoms with Crippen LogP contribution in [0, 0.1) is 0 Å². The van der Waals surface area contributed by atoms with Crippen molar-refractivity contribution in [1.82, 2.24) is 0 Å². The summed E-state index contributed by atoms with van der Waals surface area (Å²) in [6.07, 6.45) is 0. The Morgan fingerprint density at radius 1 is 0.295 bits per heavy atom. The Morgan fingerprint density at radius 3 is 1.25 bits per heavy atom. The lowest BCUT2D eigenvalue weighted by molar-refractivity contribution is 0.629. The molecule has 0 bridgehead atoms. The summed E-state index contributed by atoms with van der Waals surface area (Å²) in [6, 6.07) is 55.5. The maximum Gasteiger partial charge on any atom is 0.135 e. The van der Waals surface area contributed by atoms with Crippen molar-refractivity contribution >= 4 is 43.5 Å². The largest absolute Gasteiger partial charge is 0.456 e. The Labute approximate surface area is 254 Å². The van der Waals surface area contributed by atoms with Gasteiger partial charge < -0.3 is 8.83 Å². The standard InChI is InChI=1S/C42H26O2/c1-3-11-27(12-4-1)39-25-31-23-29(19-21-37(31)43-39)40-26-32-24-30(20-22-38(32)44-40)42-35-17-9-7-15-33(35)41(28-13-5-2-6-14-28)34-16-8-10-18-36(34)42/h1-26H. The molecule has 0 aliphatic carbocycles. The molecular weight excluding hydrogens is 536 g/mol. The number of rotatable bonds is 4. The summed E-state index contributed by atoms with van der Waals surface area (Å²) in [5.74, 6) is 1.71. The van der Waals surface area contributed by atoms with Gasteiger partial charge in [0.1, 0.15) is 22.7 Å². The van der Waals surface area contributed by atoms with E-state index in [0.29, 0.717) is 0 Å². The highest BCUT2D eigenvalue weighted by Crippen LogP contribution is 2.44. The number of fused-ring (bicyclic) bond motifs is 4. The van der Waals surface area contributed by atoms with Gasteiger partial charge in [0.15, 0.2) is 0 Å². The van der Waals surface area contributed by atoms with Gasteiger partial charge in [0.05, 0.1) is 0 Å². The second-order valence-electron chi connectivity index (χ2n) is 11.3. The summed E-state index contributed by atoms with van der Waals surface area (Å²) in [5, 5.41) is 7.13. The number of furan rings is 2. The van der Waals surface area contributed by atoms with E-state index in [-0.39, 0.29) is 0 Å². The maximum atomic E-state index is 6.41. The van der Waals surface area contributed by atoms with Gasteiger partial charge in [-0.15, -0.1) is 0 Å². The molecule has 0 spiro atoms. The number of benzene rings is 7. The van der Waals surface area contributed by atoms with Gasteiger partial charge in [-0.2, -0.15) is 0 Å². The summed E-state index contributed by atoms with van der Waals surface area (Å²) in [5.41, 5.74) is 8.75. The van der Waals surface area contributed by atoms with Crippen molar-refractivity contribution in [2.45, 2.75) is 0 Å². The van der Waals surface area contributed by atoms with E-state index < -0.39 is 0 Å². The predicted octanol–water partition coefficient (Wildman–Crippen LogP) is 12.2. The molecule has 9 rings (SSSR count). The molecule has 0 saturated carbocycles. The molecule has 0 fully saturated rings. The van der Waals surface area contributed by atoms with Gasteiger partial charge in [0.2, 0.25) is 0 Å². The minimum Gasteiger partial charge on any atom is -0.456 e. The molecule has 206 valence electrons. The van der Waals surface area contributed by atoms with E-state index in [1.807, 2.05) is 24.3 Å². The van der Waals surface area contributed by atoms with Gasteiger partial charge in [-0.3, -0.25) is 0 Å². The molecule has 2 nitrogen and oxygen atoms in total. The summed E-state index contributed by atoms with van der Waals surface area (Å²) in [4.78, 5) is 0. The third-order valence-corrected chi connectivity index (χ3v) is 8.66. The van der Waals surface area contributed by atoms with Crippen LogP contribution in [0.15, 0.2) is 167 Å². The molecule has 7 aromatic carbocycles. The monoisotopic (exact) mass is 562 g/mol. The van der Waals surface area contributed by atoms with Crippen LogP contribution in [0.4, 0.5) is 0 Å². The predicted molar refractivity (Wildman–Crippen MR) is 183 cm³/mol. The van der Waals surface area contributed by atoms with Crippen molar-refractivity contribution in [3.8, 4) is 44.9 Å². The van der Waals surface area contributed by atoms with Crippen molar-refractivity contribution in [3.63, 3.8) is 0 Å². The molecule has 0 atom stereocenters. The molecule has 0 aliphatic heterocycles. The van der Waals surface area contributed by atoms with E-state index >= 15 is 0 Å². The van der Waals surface area contributed by atoms with Crippen molar-refractivity contribution in [2.24, 2.45) is 0 Å². The van der Waals surface area contributed by atoms with E-state index in [9.17, 15) is 0 Å². The number of hydrogen-bond acceptors (Lipinski definition) is 2. The fourth-order valence-electron chi connectivity index (χ4n) is 6.64. The SMILES string of the molecule is c1ccc(-c2cc3cc(-c4cc5cc(-c6c7ccccc7c(-c7ccccc7)c7ccccc67)ccc5o4)ccc3o2)cc1. The molecular formula is C42H26O2. The Morgan fingerprint density at radius 2 is 0.705 bits per heavy atom. The molecule has 2 aromatic heterocycles. The minimum atomic E-state index is 0.843. The molecule has 0 saturated heterocycles. The van der Waals surface area contributed by atoms with E-state index in [0.717, 1.165) is 44.6 Å². The van der Waals surface area contributed by atoms with Crippen LogP contribution in [-0.4, -0.2) is 0 Å². The highest BCUT2D eigenvalue weighted by atomic mass is 16.3. The highest BCUT2D eigenvalue weighted by Gasteiger charge is 2.17. The second-order valence-corrected chi connectivity index (χ2v) is 11.3. The molecule has 2 heteroatoms. The first-order valence-electron chi connectivity index (χ1n) is 14.9. The fraction of sp³-hybridized carbons (Fsp3) is 0. The zero-order valence-corrected chi connectivity index (χ0v) is 23.8. The third kappa shape index (κ3) is 3.96. The number of hydrogen-bond donors (Lipinski definition) is 0. The highest BCUT2D eigenvalue weighted by molar-refractivity contribution is 6.21. The van der Waals surface area contributed by atoms with Crippen LogP contribution in [0.1, 0.15) is 0 Å². The normalized spacial score (nSPS) is 11.6. The summed E-state index contributed by atoms with van der Waals surface area (Å²) in [6.45, 7) is 0. The van der Waals surface area contributed by atoms with Gasteiger partial charge in [-0.05, 0) is 86.3 Å². The smallest absolute Gasteiger partial charge is 0.135 e. The molecule has 2 heterocycles. The molecule has 0 unspecified atom stereocenters. The van der Waals surface area contributed by atoms with E-state index in [2.05, 4.69) is 133 Å². The zero-order valence-electron chi connectivity index (χ0n) is 23.8. The van der Waals surface area contributed by atoms with Crippen LogP contribution in [0.3, 0.4) is 0 Å². The van der Waals surface area contributed by atoms with Gasteiger partial charge in [-0.25, -0.2) is 0 Å². The quantitative estimate of drug-likeness (QED) is 0.199. The lowest BCUT2D eigenvalue weighted by Gasteiger charge is -2.17. The van der Waals surface area contributed by atoms with Gasteiger partial charge in [-0.1, -0.05) is 115 Å². The van der Waals surface area contributed by atoms with Gasteiger partial charge >= 0.3 is 0 Å². The topological polar surface area (TPSA) is 26.3 Å². The molecule has 0 amide bonds. The van der Waals surface area contributed by atoms with Crippen LogP contribution in [0.2, 0.25) is 0 Å². The maximum absolute atomic E-state index is 6.41. The molecule has 0 aliphatic rings. The third-order valence-electron chi connectivity index (χ3n) is 8.66. The van der Waals surface area contributed by atoms with Crippen molar-refractivity contribution in [2.75, 3.05) is 0 Å². The van der Waals surface area contributed by atoms with Crippen molar-refractivity contribution in [1.29, 1.82) is 0 Å². The molecule has 44 heavy (non-hydrogen) atoms. The van der Waals surface area contributed by atoms with Crippen LogP contribution >= 0.6 is 0 Å². The summed E-state index contributed by atoms with van der Waals surface area (Å²) >= 11 is 0. The van der Waals surface area contributed by atoms with E-state index in [1.165, 1.54) is 43.8 Å². The van der Waals surface area contributed by atoms with E-state index in [1.54, 1.807) is 0 Å². The first kappa shape index (κ1) is 24.7. The Balaban J connectivity index is 1.19. The molecule has 0 N–H and O–H groups in total. The second kappa shape index (κ2) is 9.86. The van der Waals surface area contributed by atoms with Gasteiger partial charge in [0, 0.05) is 21.9 Å². The van der Waals surface area contributed by atoms with Crippen LogP contribution in [0.5, 0.6) is 0 Å². The van der Waals surface area contributed by atoms with Crippen LogP contribution in [0.25, 0.3) is 88.4 Å². The lowest BCUT2D eigenvalue weighted by Crippen LogP contribution is -1.90. The van der Waals surface area contributed by atoms with Crippen molar-refractivity contribution in [3.05, 3.63) is 158 Å². The first-order chi connectivity index (χ1) is 21.8. The summed E-state index contributed by atoms with van der Waals surface area (Å²) < 4.78 is 12.6. The Bertz CT molecular complexity index is 2420. The summed E-state index contributed by atoms with van der Waals surface area (Å²) in [7, 11) is 0.